The summed E-state index contributed by atoms with van der Waals surface area (Å²) < 4.78 is 5.22. The molecule has 0 fully saturated rings. The summed E-state index contributed by atoms with van der Waals surface area (Å²) in [5.41, 5.74) is 0. The van der Waals surface area contributed by atoms with Gasteiger partial charge < -0.3 is 14.9 Å². The van der Waals surface area contributed by atoms with Gasteiger partial charge in [-0.2, -0.15) is 0 Å². The van der Waals surface area contributed by atoms with Crippen LogP contribution in [0.25, 0.3) is 0 Å². The zero-order valence-corrected chi connectivity index (χ0v) is 14.4. The smallest absolute Gasteiger partial charge is 0.157 e. The molecule has 0 saturated heterocycles. The molecule has 0 aliphatic rings. The summed E-state index contributed by atoms with van der Waals surface area (Å²) in [5.74, 6) is 0. The van der Waals surface area contributed by atoms with Crippen LogP contribution in [-0.4, -0.2) is 22.8 Å². The lowest BCUT2D eigenvalue weighted by Crippen LogP contribution is -2.21. The van der Waals surface area contributed by atoms with Gasteiger partial charge in [-0.25, -0.2) is 0 Å². The van der Waals surface area contributed by atoms with Crippen LogP contribution in [0.15, 0.2) is 0 Å². The average Bonchev–Trinajstić information content (AvgIpc) is 2.46. The Kier molecular flexibility index (Phi) is 16.2. The van der Waals surface area contributed by atoms with E-state index < -0.39 is 12.6 Å². The standard InChI is InChI=1S/C18H38O3/c1-3-5-7-9-11-13-15-17(19)21-18(20)16-14-12-10-8-6-4-2/h17-20H,3-16H2,1-2H3. The van der Waals surface area contributed by atoms with Crippen molar-refractivity contribution in [2.24, 2.45) is 0 Å². The molecule has 2 N–H and O–H groups in total. The van der Waals surface area contributed by atoms with E-state index in [4.69, 9.17) is 4.74 Å². The van der Waals surface area contributed by atoms with E-state index in [0.717, 1.165) is 25.7 Å². The first-order valence-corrected chi connectivity index (χ1v) is 9.22. The Labute approximate surface area is 132 Å². The minimum atomic E-state index is -0.800. The SMILES string of the molecule is CCCCCCCCC(O)OC(O)CCCCCCCC. The lowest BCUT2D eigenvalue weighted by Gasteiger charge is -2.17. The maximum absolute atomic E-state index is 9.71. The van der Waals surface area contributed by atoms with Crippen molar-refractivity contribution in [3.05, 3.63) is 0 Å². The Hall–Kier alpha value is -0.120. The highest BCUT2D eigenvalue weighted by molar-refractivity contribution is 4.51. The molecule has 0 rings (SSSR count). The van der Waals surface area contributed by atoms with Gasteiger partial charge in [-0.15, -0.1) is 0 Å². The zero-order chi connectivity index (χ0) is 15.8. The second kappa shape index (κ2) is 16.3. The topological polar surface area (TPSA) is 49.7 Å². The Morgan fingerprint density at radius 3 is 1.29 bits per heavy atom. The molecule has 0 heterocycles. The van der Waals surface area contributed by atoms with Crippen molar-refractivity contribution in [2.45, 2.75) is 116 Å². The molecule has 0 saturated carbocycles. The van der Waals surface area contributed by atoms with Gasteiger partial charge in [0.1, 0.15) is 0 Å². The average molecular weight is 302 g/mol. The van der Waals surface area contributed by atoms with Gasteiger partial charge in [0.05, 0.1) is 0 Å². The third-order valence-electron chi connectivity index (χ3n) is 3.92. The minimum absolute atomic E-state index is 0.639. The fourth-order valence-corrected chi connectivity index (χ4v) is 2.52. The molecule has 0 aromatic heterocycles. The first-order valence-electron chi connectivity index (χ1n) is 9.22. The predicted octanol–water partition coefficient (Wildman–Crippen LogP) is 5.14. The number of aliphatic hydroxyl groups excluding tert-OH is 2. The maximum atomic E-state index is 9.71. The third kappa shape index (κ3) is 16.1. The number of unbranched alkanes of at least 4 members (excludes halogenated alkanes) is 10. The van der Waals surface area contributed by atoms with Crippen molar-refractivity contribution >= 4 is 0 Å². The number of hydrogen-bond donors (Lipinski definition) is 2. The van der Waals surface area contributed by atoms with Crippen LogP contribution in [0, 0.1) is 0 Å². The summed E-state index contributed by atoms with van der Waals surface area (Å²) >= 11 is 0. The second-order valence-corrected chi connectivity index (χ2v) is 6.16. The van der Waals surface area contributed by atoms with Crippen molar-refractivity contribution in [1.29, 1.82) is 0 Å². The molecular formula is C18H38O3. The summed E-state index contributed by atoms with van der Waals surface area (Å²) in [4.78, 5) is 0. The van der Waals surface area contributed by atoms with Crippen LogP contribution < -0.4 is 0 Å². The quantitative estimate of drug-likeness (QED) is 0.306. The number of ether oxygens (including phenoxy) is 1. The van der Waals surface area contributed by atoms with Gasteiger partial charge in [0.15, 0.2) is 12.6 Å². The zero-order valence-electron chi connectivity index (χ0n) is 14.4. The van der Waals surface area contributed by atoms with E-state index in [1.54, 1.807) is 0 Å². The van der Waals surface area contributed by atoms with Crippen LogP contribution in [0.2, 0.25) is 0 Å². The molecule has 0 aromatic carbocycles. The third-order valence-corrected chi connectivity index (χ3v) is 3.92. The molecule has 0 radical (unpaired) electrons. The van der Waals surface area contributed by atoms with E-state index in [1.807, 2.05) is 0 Å². The normalized spacial score (nSPS) is 14.3. The largest absolute Gasteiger partial charge is 0.368 e. The molecule has 128 valence electrons. The summed E-state index contributed by atoms with van der Waals surface area (Å²) in [7, 11) is 0. The van der Waals surface area contributed by atoms with E-state index in [2.05, 4.69) is 13.8 Å². The van der Waals surface area contributed by atoms with Crippen LogP contribution >= 0.6 is 0 Å². The Balaban J connectivity index is 3.33. The number of rotatable bonds is 16. The van der Waals surface area contributed by atoms with Gasteiger partial charge in [0.2, 0.25) is 0 Å². The number of hydrogen-bond acceptors (Lipinski definition) is 3. The summed E-state index contributed by atoms with van der Waals surface area (Å²) in [5, 5.41) is 19.4. The van der Waals surface area contributed by atoms with E-state index in [1.165, 1.54) is 51.4 Å². The van der Waals surface area contributed by atoms with Crippen molar-refractivity contribution in [1.82, 2.24) is 0 Å². The van der Waals surface area contributed by atoms with Gasteiger partial charge in [-0.1, -0.05) is 78.1 Å². The molecule has 3 heteroatoms. The highest BCUT2D eigenvalue weighted by Gasteiger charge is 2.11. The van der Waals surface area contributed by atoms with Crippen molar-refractivity contribution in [2.75, 3.05) is 0 Å². The van der Waals surface area contributed by atoms with Crippen LogP contribution in [0.4, 0.5) is 0 Å². The Bertz CT molecular complexity index is 177. The molecular weight excluding hydrogens is 264 g/mol. The molecule has 3 nitrogen and oxygen atoms in total. The highest BCUT2D eigenvalue weighted by atomic mass is 16.7. The molecule has 0 aromatic rings. The highest BCUT2D eigenvalue weighted by Crippen LogP contribution is 2.13. The van der Waals surface area contributed by atoms with Crippen LogP contribution in [-0.2, 0) is 4.74 Å². The molecule has 0 spiro atoms. The van der Waals surface area contributed by atoms with Crippen molar-refractivity contribution < 1.29 is 14.9 Å². The van der Waals surface area contributed by atoms with Crippen molar-refractivity contribution in [3.8, 4) is 0 Å². The maximum Gasteiger partial charge on any atom is 0.157 e. The lowest BCUT2D eigenvalue weighted by atomic mass is 10.1. The minimum Gasteiger partial charge on any atom is -0.368 e. The summed E-state index contributed by atoms with van der Waals surface area (Å²) in [6.07, 6.45) is 14.1. The Morgan fingerprint density at radius 1 is 0.571 bits per heavy atom. The summed E-state index contributed by atoms with van der Waals surface area (Å²) in [6, 6.07) is 0. The van der Waals surface area contributed by atoms with E-state index >= 15 is 0 Å². The molecule has 21 heavy (non-hydrogen) atoms. The fraction of sp³-hybridized carbons (Fsp3) is 1.00. The molecule has 0 aliphatic heterocycles. The van der Waals surface area contributed by atoms with E-state index in [9.17, 15) is 10.2 Å². The van der Waals surface area contributed by atoms with Crippen LogP contribution in [0.5, 0.6) is 0 Å². The van der Waals surface area contributed by atoms with E-state index in [0.29, 0.717) is 12.8 Å². The van der Waals surface area contributed by atoms with Gasteiger partial charge >= 0.3 is 0 Å². The van der Waals surface area contributed by atoms with Gasteiger partial charge in [-0.05, 0) is 25.7 Å². The fourth-order valence-electron chi connectivity index (χ4n) is 2.52. The molecule has 0 amide bonds. The monoisotopic (exact) mass is 302 g/mol. The van der Waals surface area contributed by atoms with Gasteiger partial charge in [0, 0.05) is 0 Å². The van der Waals surface area contributed by atoms with Crippen LogP contribution in [0.1, 0.15) is 104 Å². The Morgan fingerprint density at radius 2 is 0.905 bits per heavy atom. The van der Waals surface area contributed by atoms with Gasteiger partial charge in [0.25, 0.3) is 0 Å². The summed E-state index contributed by atoms with van der Waals surface area (Å²) in [6.45, 7) is 4.42. The lowest BCUT2D eigenvalue weighted by molar-refractivity contribution is -0.212. The predicted molar refractivity (Wildman–Crippen MR) is 89.1 cm³/mol. The van der Waals surface area contributed by atoms with Crippen molar-refractivity contribution in [3.63, 3.8) is 0 Å². The van der Waals surface area contributed by atoms with Crippen LogP contribution in [0.3, 0.4) is 0 Å². The van der Waals surface area contributed by atoms with Gasteiger partial charge in [-0.3, -0.25) is 0 Å². The molecule has 0 aliphatic carbocycles. The number of aliphatic hydroxyl groups is 2. The van der Waals surface area contributed by atoms with E-state index in [-0.39, 0.29) is 0 Å². The first-order chi connectivity index (χ1) is 10.2. The first kappa shape index (κ1) is 20.9. The molecule has 0 bridgehead atoms. The second-order valence-electron chi connectivity index (χ2n) is 6.16. The molecule has 2 atom stereocenters. The molecule has 2 unspecified atom stereocenters.